The molecule has 2 saturated heterocycles. The van der Waals surface area contributed by atoms with Crippen LogP contribution in [0.1, 0.15) is 48.9 Å². The van der Waals surface area contributed by atoms with Crippen LogP contribution in [0.15, 0.2) is 30.3 Å². The van der Waals surface area contributed by atoms with Gasteiger partial charge in [0, 0.05) is 31.7 Å². The van der Waals surface area contributed by atoms with Gasteiger partial charge in [-0.05, 0) is 37.8 Å². The van der Waals surface area contributed by atoms with Gasteiger partial charge in [0.25, 0.3) is 5.91 Å². The van der Waals surface area contributed by atoms with Crippen molar-refractivity contribution < 1.29 is 9.59 Å². The largest absolute Gasteiger partial charge is 0.342 e. The van der Waals surface area contributed by atoms with Crippen LogP contribution < -0.4 is 0 Å². The smallest absolute Gasteiger partial charge is 0.253 e. The van der Waals surface area contributed by atoms with Gasteiger partial charge < -0.3 is 9.80 Å². The van der Waals surface area contributed by atoms with E-state index in [0.717, 1.165) is 50.9 Å². The van der Waals surface area contributed by atoms with Crippen molar-refractivity contribution in [3.63, 3.8) is 0 Å². The summed E-state index contributed by atoms with van der Waals surface area (Å²) in [6.07, 6.45) is 6.52. The summed E-state index contributed by atoms with van der Waals surface area (Å²) in [6.45, 7) is 3.12. The summed E-state index contributed by atoms with van der Waals surface area (Å²) >= 11 is 0. The van der Waals surface area contributed by atoms with Gasteiger partial charge in [-0.25, -0.2) is 0 Å². The summed E-state index contributed by atoms with van der Waals surface area (Å²) in [5, 5.41) is 0. The zero-order valence-electron chi connectivity index (χ0n) is 13.7. The highest BCUT2D eigenvalue weighted by atomic mass is 16.2. The van der Waals surface area contributed by atoms with Crippen molar-refractivity contribution >= 4 is 11.8 Å². The van der Waals surface area contributed by atoms with Gasteiger partial charge >= 0.3 is 0 Å². The molecular formula is C19H26N2O2. The van der Waals surface area contributed by atoms with Crippen LogP contribution in [-0.2, 0) is 4.79 Å². The summed E-state index contributed by atoms with van der Waals surface area (Å²) in [7, 11) is 0. The van der Waals surface area contributed by atoms with Gasteiger partial charge in [0.2, 0.25) is 5.91 Å². The lowest BCUT2D eigenvalue weighted by Crippen LogP contribution is -2.47. The molecule has 2 fully saturated rings. The standard InChI is InChI=1S/C19H26N2O2/c22-18(16-9-4-3-5-10-16)21-14-8-11-17(15-21)19(23)20-12-6-1-2-7-13-20/h3-5,9-10,17H,1-2,6-8,11-15H2/t17-/m0/s1. The van der Waals surface area contributed by atoms with Crippen molar-refractivity contribution in [2.24, 2.45) is 5.92 Å². The number of rotatable bonds is 2. The molecule has 0 aliphatic carbocycles. The van der Waals surface area contributed by atoms with E-state index in [-0.39, 0.29) is 17.7 Å². The molecule has 0 aromatic heterocycles. The Bertz CT molecular complexity index is 536. The van der Waals surface area contributed by atoms with E-state index in [0.29, 0.717) is 6.54 Å². The zero-order valence-corrected chi connectivity index (χ0v) is 13.7. The number of hydrogen-bond donors (Lipinski definition) is 0. The minimum atomic E-state index is -0.0190. The number of carbonyl (C=O) groups is 2. The summed E-state index contributed by atoms with van der Waals surface area (Å²) < 4.78 is 0. The van der Waals surface area contributed by atoms with Gasteiger partial charge in [0.05, 0.1) is 5.92 Å². The highest BCUT2D eigenvalue weighted by Gasteiger charge is 2.31. The third-order valence-corrected chi connectivity index (χ3v) is 5.00. The van der Waals surface area contributed by atoms with E-state index in [9.17, 15) is 9.59 Å². The SMILES string of the molecule is O=C(c1ccccc1)N1CCC[C@H](C(=O)N2CCCCCC2)C1. The summed E-state index contributed by atoms with van der Waals surface area (Å²) in [5.74, 6) is 0.297. The van der Waals surface area contributed by atoms with Crippen LogP contribution in [0.25, 0.3) is 0 Å². The van der Waals surface area contributed by atoms with Crippen LogP contribution in [0.5, 0.6) is 0 Å². The Balaban J connectivity index is 1.63. The molecule has 124 valence electrons. The number of likely N-dealkylation sites (tertiary alicyclic amines) is 2. The molecule has 2 amide bonds. The first kappa shape index (κ1) is 16.0. The number of carbonyl (C=O) groups excluding carboxylic acids is 2. The van der Waals surface area contributed by atoms with Crippen LogP contribution in [0.3, 0.4) is 0 Å². The Morgan fingerprint density at radius 2 is 1.48 bits per heavy atom. The van der Waals surface area contributed by atoms with Crippen LogP contribution >= 0.6 is 0 Å². The van der Waals surface area contributed by atoms with E-state index in [2.05, 4.69) is 0 Å². The van der Waals surface area contributed by atoms with Gasteiger partial charge in [-0.15, -0.1) is 0 Å². The lowest BCUT2D eigenvalue weighted by molar-refractivity contribution is -0.136. The molecule has 1 atom stereocenters. The maximum absolute atomic E-state index is 12.8. The molecule has 0 spiro atoms. The average Bonchev–Trinajstić information content (AvgIpc) is 2.91. The number of hydrogen-bond acceptors (Lipinski definition) is 2. The summed E-state index contributed by atoms with van der Waals surface area (Å²) in [5.41, 5.74) is 0.718. The van der Waals surface area contributed by atoms with Crippen LogP contribution in [0.2, 0.25) is 0 Å². The normalized spacial score (nSPS) is 22.5. The second-order valence-corrected chi connectivity index (χ2v) is 6.70. The number of piperidine rings is 1. The Kier molecular flexibility index (Phi) is 5.31. The third kappa shape index (κ3) is 3.92. The highest BCUT2D eigenvalue weighted by Crippen LogP contribution is 2.22. The highest BCUT2D eigenvalue weighted by molar-refractivity contribution is 5.94. The van der Waals surface area contributed by atoms with Crippen molar-refractivity contribution in [2.45, 2.75) is 38.5 Å². The fraction of sp³-hybridized carbons (Fsp3) is 0.579. The molecule has 0 radical (unpaired) electrons. The molecule has 4 nitrogen and oxygen atoms in total. The Morgan fingerprint density at radius 3 is 2.17 bits per heavy atom. The van der Waals surface area contributed by atoms with Crippen molar-refractivity contribution in [1.29, 1.82) is 0 Å². The van der Waals surface area contributed by atoms with E-state index in [1.54, 1.807) is 0 Å². The molecule has 0 bridgehead atoms. The first-order chi connectivity index (χ1) is 11.3. The molecule has 0 unspecified atom stereocenters. The second kappa shape index (κ2) is 7.62. The Labute approximate surface area is 138 Å². The monoisotopic (exact) mass is 314 g/mol. The predicted molar refractivity (Wildman–Crippen MR) is 90.1 cm³/mol. The summed E-state index contributed by atoms with van der Waals surface area (Å²) in [6, 6.07) is 9.39. The second-order valence-electron chi connectivity index (χ2n) is 6.70. The fourth-order valence-corrected chi connectivity index (χ4v) is 3.68. The molecular weight excluding hydrogens is 288 g/mol. The maximum Gasteiger partial charge on any atom is 0.253 e. The number of nitrogens with zero attached hydrogens (tertiary/aromatic N) is 2. The van der Waals surface area contributed by atoms with Crippen LogP contribution in [0, 0.1) is 5.92 Å². The van der Waals surface area contributed by atoms with Gasteiger partial charge in [-0.1, -0.05) is 31.0 Å². The zero-order chi connectivity index (χ0) is 16.1. The first-order valence-corrected chi connectivity index (χ1v) is 8.89. The molecule has 23 heavy (non-hydrogen) atoms. The maximum atomic E-state index is 12.8. The number of benzene rings is 1. The van der Waals surface area contributed by atoms with E-state index in [1.165, 1.54) is 12.8 Å². The van der Waals surface area contributed by atoms with Crippen LogP contribution in [0.4, 0.5) is 0 Å². The topological polar surface area (TPSA) is 40.6 Å². The van der Waals surface area contributed by atoms with Gasteiger partial charge in [-0.3, -0.25) is 9.59 Å². The van der Waals surface area contributed by atoms with E-state index in [1.807, 2.05) is 40.1 Å². The van der Waals surface area contributed by atoms with Crippen molar-refractivity contribution in [3.05, 3.63) is 35.9 Å². The fourth-order valence-electron chi connectivity index (χ4n) is 3.68. The minimum Gasteiger partial charge on any atom is -0.342 e. The lowest BCUT2D eigenvalue weighted by atomic mass is 9.95. The number of amides is 2. The molecule has 3 rings (SSSR count). The lowest BCUT2D eigenvalue weighted by Gasteiger charge is -2.34. The average molecular weight is 314 g/mol. The van der Waals surface area contributed by atoms with Gasteiger partial charge in [-0.2, -0.15) is 0 Å². The van der Waals surface area contributed by atoms with Gasteiger partial charge in [0.15, 0.2) is 0 Å². The molecule has 1 aromatic rings. The van der Waals surface area contributed by atoms with Crippen molar-refractivity contribution in [2.75, 3.05) is 26.2 Å². The predicted octanol–water partition coefficient (Wildman–Crippen LogP) is 2.94. The van der Waals surface area contributed by atoms with E-state index in [4.69, 9.17) is 0 Å². The minimum absolute atomic E-state index is 0.0190. The first-order valence-electron chi connectivity index (χ1n) is 8.89. The Hall–Kier alpha value is -1.84. The quantitative estimate of drug-likeness (QED) is 0.842. The molecule has 2 heterocycles. The van der Waals surface area contributed by atoms with Crippen LogP contribution in [-0.4, -0.2) is 47.8 Å². The third-order valence-electron chi connectivity index (χ3n) is 5.00. The van der Waals surface area contributed by atoms with E-state index >= 15 is 0 Å². The molecule has 2 aliphatic heterocycles. The molecule has 4 heteroatoms. The molecule has 2 aliphatic rings. The Morgan fingerprint density at radius 1 is 0.826 bits per heavy atom. The summed E-state index contributed by atoms with van der Waals surface area (Å²) in [4.78, 5) is 29.3. The molecule has 1 aromatic carbocycles. The molecule has 0 N–H and O–H groups in total. The molecule has 0 saturated carbocycles. The van der Waals surface area contributed by atoms with E-state index < -0.39 is 0 Å². The van der Waals surface area contributed by atoms with Crippen molar-refractivity contribution in [1.82, 2.24) is 9.80 Å². The van der Waals surface area contributed by atoms with Gasteiger partial charge in [0.1, 0.15) is 0 Å². The van der Waals surface area contributed by atoms with Crippen molar-refractivity contribution in [3.8, 4) is 0 Å².